The van der Waals surface area contributed by atoms with Crippen LogP contribution in [0, 0.1) is 5.92 Å². The van der Waals surface area contributed by atoms with Gasteiger partial charge in [-0.3, -0.25) is 4.79 Å². The number of aliphatic carboxylic acids is 1. The Balaban J connectivity index is 0. The molecule has 1 saturated carbocycles. The SMILES string of the molecule is O.O.O=C(O)C1CCCC1. The Morgan fingerprint density at radius 1 is 1.20 bits per heavy atom. The molecule has 1 fully saturated rings. The summed E-state index contributed by atoms with van der Waals surface area (Å²) in [5.74, 6) is -0.627. The van der Waals surface area contributed by atoms with Gasteiger partial charge >= 0.3 is 5.97 Å². The zero-order valence-corrected chi connectivity index (χ0v) is 5.76. The second kappa shape index (κ2) is 5.20. The second-order valence-electron chi connectivity index (χ2n) is 2.32. The highest BCUT2D eigenvalue weighted by Crippen LogP contribution is 2.24. The minimum absolute atomic E-state index is 0. The maximum atomic E-state index is 10.2. The van der Waals surface area contributed by atoms with E-state index in [0.717, 1.165) is 25.7 Å². The number of hydrogen-bond donors (Lipinski definition) is 1. The molecule has 0 saturated heterocycles. The summed E-state index contributed by atoms with van der Waals surface area (Å²) in [5.41, 5.74) is 0. The highest BCUT2D eigenvalue weighted by molar-refractivity contribution is 5.70. The molecule has 0 amide bonds. The van der Waals surface area contributed by atoms with Crippen molar-refractivity contribution in [2.45, 2.75) is 25.7 Å². The van der Waals surface area contributed by atoms with Crippen molar-refractivity contribution in [3.05, 3.63) is 0 Å². The Hall–Kier alpha value is -0.610. The van der Waals surface area contributed by atoms with Gasteiger partial charge in [0.05, 0.1) is 5.92 Å². The lowest BCUT2D eigenvalue weighted by Gasteiger charge is -1.97. The summed E-state index contributed by atoms with van der Waals surface area (Å²) in [6, 6.07) is 0. The van der Waals surface area contributed by atoms with Crippen LogP contribution >= 0.6 is 0 Å². The molecular weight excluding hydrogens is 136 g/mol. The third-order valence-corrected chi connectivity index (χ3v) is 1.70. The molecular formula is C6H14O4. The van der Waals surface area contributed by atoms with Gasteiger partial charge in [0.25, 0.3) is 0 Å². The molecule has 1 rings (SSSR count). The van der Waals surface area contributed by atoms with Crippen molar-refractivity contribution in [1.29, 1.82) is 0 Å². The number of hydrogen-bond acceptors (Lipinski definition) is 1. The van der Waals surface area contributed by atoms with Crippen LogP contribution in [-0.2, 0) is 4.79 Å². The predicted octanol–water partition coefficient (Wildman–Crippen LogP) is -0.388. The quantitative estimate of drug-likeness (QED) is 0.550. The van der Waals surface area contributed by atoms with Gasteiger partial charge in [0.1, 0.15) is 0 Å². The summed E-state index contributed by atoms with van der Waals surface area (Å²) >= 11 is 0. The van der Waals surface area contributed by atoms with Gasteiger partial charge < -0.3 is 16.1 Å². The highest BCUT2D eigenvalue weighted by atomic mass is 16.4. The maximum absolute atomic E-state index is 10.2. The van der Waals surface area contributed by atoms with Crippen LogP contribution in [0.25, 0.3) is 0 Å². The van der Waals surface area contributed by atoms with Gasteiger partial charge in [0.2, 0.25) is 0 Å². The average Bonchev–Trinajstić information content (AvgIpc) is 2.12. The van der Waals surface area contributed by atoms with E-state index in [-0.39, 0.29) is 16.9 Å². The molecule has 10 heavy (non-hydrogen) atoms. The van der Waals surface area contributed by atoms with Crippen LogP contribution in [-0.4, -0.2) is 22.0 Å². The fourth-order valence-electron chi connectivity index (χ4n) is 1.17. The Bertz CT molecular complexity index is 95.9. The fourth-order valence-corrected chi connectivity index (χ4v) is 1.17. The van der Waals surface area contributed by atoms with Crippen LogP contribution in [0.5, 0.6) is 0 Å². The first-order valence-corrected chi connectivity index (χ1v) is 3.03. The monoisotopic (exact) mass is 150 g/mol. The summed E-state index contributed by atoms with van der Waals surface area (Å²) in [6.07, 6.45) is 4.01. The first kappa shape index (κ1) is 12.1. The summed E-state index contributed by atoms with van der Waals surface area (Å²) in [5, 5.41) is 8.41. The van der Waals surface area contributed by atoms with Gasteiger partial charge in [-0.15, -0.1) is 0 Å². The molecule has 4 heteroatoms. The molecule has 0 atom stereocenters. The number of rotatable bonds is 1. The van der Waals surface area contributed by atoms with Gasteiger partial charge in [-0.1, -0.05) is 12.8 Å². The van der Waals surface area contributed by atoms with E-state index in [0.29, 0.717) is 0 Å². The number of carboxylic acids is 1. The van der Waals surface area contributed by atoms with Crippen molar-refractivity contribution in [2.24, 2.45) is 5.92 Å². The van der Waals surface area contributed by atoms with E-state index in [1.165, 1.54) is 0 Å². The molecule has 4 nitrogen and oxygen atoms in total. The van der Waals surface area contributed by atoms with Crippen LogP contribution in [0.15, 0.2) is 0 Å². The molecule has 0 aromatic carbocycles. The van der Waals surface area contributed by atoms with Crippen LogP contribution < -0.4 is 0 Å². The third-order valence-electron chi connectivity index (χ3n) is 1.70. The van der Waals surface area contributed by atoms with Crippen molar-refractivity contribution in [1.82, 2.24) is 0 Å². The standard InChI is InChI=1S/C6H10O2.2H2O/c7-6(8)5-3-1-2-4-5;;/h5H,1-4H2,(H,7,8);2*1H2. The third kappa shape index (κ3) is 2.80. The molecule has 62 valence electrons. The smallest absolute Gasteiger partial charge is 0.306 e. The lowest BCUT2D eigenvalue weighted by molar-refractivity contribution is -0.141. The maximum Gasteiger partial charge on any atom is 0.306 e. The number of carboxylic acid groups (broad SMARTS) is 1. The van der Waals surface area contributed by atoms with E-state index in [4.69, 9.17) is 5.11 Å². The van der Waals surface area contributed by atoms with Crippen LogP contribution in [0.3, 0.4) is 0 Å². The second-order valence-corrected chi connectivity index (χ2v) is 2.32. The van der Waals surface area contributed by atoms with Crippen molar-refractivity contribution in [2.75, 3.05) is 0 Å². The molecule has 0 unspecified atom stereocenters. The topological polar surface area (TPSA) is 100 Å². The van der Waals surface area contributed by atoms with Gasteiger partial charge in [-0.2, -0.15) is 0 Å². The largest absolute Gasteiger partial charge is 0.481 e. The summed E-state index contributed by atoms with van der Waals surface area (Å²) in [6.45, 7) is 0. The molecule has 5 N–H and O–H groups in total. The first-order valence-electron chi connectivity index (χ1n) is 3.03. The molecule has 0 aromatic rings. The highest BCUT2D eigenvalue weighted by Gasteiger charge is 2.20. The summed E-state index contributed by atoms with van der Waals surface area (Å²) in [7, 11) is 0. The Morgan fingerprint density at radius 3 is 1.80 bits per heavy atom. The minimum atomic E-state index is -0.609. The van der Waals surface area contributed by atoms with E-state index in [1.807, 2.05) is 0 Å². The van der Waals surface area contributed by atoms with Crippen LogP contribution in [0.4, 0.5) is 0 Å². The van der Waals surface area contributed by atoms with E-state index >= 15 is 0 Å². The Kier molecular flexibility index (Phi) is 6.29. The summed E-state index contributed by atoms with van der Waals surface area (Å²) in [4.78, 5) is 10.2. The molecule has 0 bridgehead atoms. The lowest BCUT2D eigenvalue weighted by atomic mass is 10.1. The van der Waals surface area contributed by atoms with Gasteiger partial charge in [-0.25, -0.2) is 0 Å². The zero-order valence-electron chi connectivity index (χ0n) is 5.76. The molecule has 0 heterocycles. The average molecular weight is 150 g/mol. The number of carbonyl (C=O) groups is 1. The van der Waals surface area contributed by atoms with Gasteiger partial charge in [-0.05, 0) is 12.8 Å². The Morgan fingerprint density at radius 2 is 1.60 bits per heavy atom. The first-order chi connectivity index (χ1) is 3.80. The Labute approximate surface area is 59.5 Å². The van der Waals surface area contributed by atoms with Crippen molar-refractivity contribution in [3.8, 4) is 0 Å². The van der Waals surface area contributed by atoms with E-state index in [1.54, 1.807) is 0 Å². The van der Waals surface area contributed by atoms with Crippen molar-refractivity contribution >= 4 is 5.97 Å². The van der Waals surface area contributed by atoms with Gasteiger partial charge in [0, 0.05) is 0 Å². The molecule has 1 aliphatic carbocycles. The fraction of sp³-hybridized carbons (Fsp3) is 0.833. The molecule has 0 spiro atoms. The van der Waals surface area contributed by atoms with E-state index in [2.05, 4.69) is 0 Å². The van der Waals surface area contributed by atoms with Gasteiger partial charge in [0.15, 0.2) is 0 Å². The van der Waals surface area contributed by atoms with Crippen LogP contribution in [0.2, 0.25) is 0 Å². The predicted molar refractivity (Wildman–Crippen MR) is 36.8 cm³/mol. The van der Waals surface area contributed by atoms with Crippen molar-refractivity contribution in [3.63, 3.8) is 0 Å². The van der Waals surface area contributed by atoms with Crippen molar-refractivity contribution < 1.29 is 20.9 Å². The lowest BCUT2D eigenvalue weighted by Crippen LogP contribution is -2.07. The normalized spacial score (nSPS) is 17.2. The molecule has 1 aliphatic rings. The van der Waals surface area contributed by atoms with Crippen LogP contribution in [0.1, 0.15) is 25.7 Å². The minimum Gasteiger partial charge on any atom is -0.481 e. The zero-order chi connectivity index (χ0) is 5.98. The molecule has 0 aliphatic heterocycles. The van der Waals surface area contributed by atoms with E-state index in [9.17, 15) is 4.79 Å². The molecule has 0 radical (unpaired) electrons. The summed E-state index contributed by atoms with van der Waals surface area (Å²) < 4.78 is 0. The van der Waals surface area contributed by atoms with E-state index < -0.39 is 5.97 Å². The molecule has 0 aromatic heterocycles.